The molecule has 116 valence electrons. The fourth-order valence-electron chi connectivity index (χ4n) is 2.98. The zero-order valence-electron chi connectivity index (χ0n) is 13.3. The Bertz CT molecular complexity index is 626. The molecule has 3 rings (SSSR count). The molecule has 0 unspecified atom stereocenters. The van der Waals surface area contributed by atoms with Gasteiger partial charge in [0.1, 0.15) is 0 Å². The Morgan fingerprint density at radius 2 is 1.50 bits per heavy atom. The first-order chi connectivity index (χ1) is 10.7. The summed E-state index contributed by atoms with van der Waals surface area (Å²) in [6.45, 7) is 7.31. The number of anilines is 1. The Kier molecular flexibility index (Phi) is 4.18. The van der Waals surface area contributed by atoms with Gasteiger partial charge in [0.15, 0.2) is 0 Å². The number of rotatable bonds is 3. The fourth-order valence-corrected chi connectivity index (χ4v) is 2.98. The van der Waals surface area contributed by atoms with Gasteiger partial charge in [-0.05, 0) is 24.3 Å². The third kappa shape index (κ3) is 2.86. The van der Waals surface area contributed by atoms with Crippen molar-refractivity contribution in [3.8, 4) is 5.69 Å². The molecule has 1 saturated heterocycles. The maximum Gasteiger partial charge on any atom is 0.225 e. The fraction of sp³-hybridized carbons (Fsp3) is 0.389. The molecule has 1 amide bonds. The molecule has 1 aromatic carbocycles. The normalized spacial score (nSPS) is 15.4. The molecule has 0 radical (unpaired) electrons. The van der Waals surface area contributed by atoms with Crippen molar-refractivity contribution < 1.29 is 4.79 Å². The molecule has 1 fully saturated rings. The lowest BCUT2D eigenvalue weighted by atomic mass is 10.1. The van der Waals surface area contributed by atoms with Gasteiger partial charge in [-0.15, -0.1) is 0 Å². The zero-order chi connectivity index (χ0) is 15.5. The van der Waals surface area contributed by atoms with Gasteiger partial charge in [0.05, 0.1) is 11.4 Å². The van der Waals surface area contributed by atoms with E-state index in [0.29, 0.717) is 0 Å². The van der Waals surface area contributed by atoms with Crippen LogP contribution in [0.1, 0.15) is 13.8 Å². The van der Waals surface area contributed by atoms with Gasteiger partial charge in [0.2, 0.25) is 5.91 Å². The highest BCUT2D eigenvalue weighted by atomic mass is 16.2. The molecule has 1 aliphatic rings. The van der Waals surface area contributed by atoms with Gasteiger partial charge in [-0.2, -0.15) is 0 Å². The van der Waals surface area contributed by atoms with Crippen molar-refractivity contribution in [2.24, 2.45) is 5.92 Å². The first-order valence-corrected chi connectivity index (χ1v) is 7.93. The topological polar surface area (TPSA) is 28.5 Å². The van der Waals surface area contributed by atoms with Crippen LogP contribution in [0, 0.1) is 5.92 Å². The van der Waals surface area contributed by atoms with Crippen molar-refractivity contribution in [1.82, 2.24) is 9.47 Å². The predicted molar refractivity (Wildman–Crippen MR) is 89.4 cm³/mol. The van der Waals surface area contributed by atoms with Gasteiger partial charge < -0.3 is 14.4 Å². The number of piperazine rings is 1. The average Bonchev–Trinajstić information content (AvgIpc) is 3.08. The van der Waals surface area contributed by atoms with Gasteiger partial charge in [0, 0.05) is 44.5 Å². The van der Waals surface area contributed by atoms with Gasteiger partial charge in [-0.1, -0.05) is 26.0 Å². The summed E-state index contributed by atoms with van der Waals surface area (Å²) in [7, 11) is 0. The van der Waals surface area contributed by atoms with E-state index in [1.54, 1.807) is 0 Å². The van der Waals surface area contributed by atoms with E-state index in [4.69, 9.17) is 0 Å². The Morgan fingerprint density at radius 1 is 0.909 bits per heavy atom. The largest absolute Gasteiger partial charge is 0.366 e. The lowest BCUT2D eigenvalue weighted by Gasteiger charge is -2.37. The molecule has 0 spiro atoms. The van der Waals surface area contributed by atoms with E-state index in [1.165, 1.54) is 11.4 Å². The van der Waals surface area contributed by atoms with Crippen LogP contribution in [-0.2, 0) is 4.79 Å². The summed E-state index contributed by atoms with van der Waals surface area (Å²) < 4.78 is 2.14. The lowest BCUT2D eigenvalue weighted by molar-refractivity contribution is -0.134. The Labute approximate surface area is 132 Å². The molecular formula is C18H23N3O. The molecule has 1 aliphatic heterocycles. The standard InChI is InChI=1S/C18H23N3O/c1-15(2)18(22)21-13-11-20(12-14-21)17-8-4-3-7-16(17)19-9-5-6-10-19/h3-10,15H,11-14H2,1-2H3. The van der Waals surface area contributed by atoms with Crippen LogP contribution in [0.5, 0.6) is 0 Å². The number of carbonyl (C=O) groups is 1. The molecule has 4 heteroatoms. The molecule has 4 nitrogen and oxygen atoms in total. The second kappa shape index (κ2) is 6.26. The van der Waals surface area contributed by atoms with Gasteiger partial charge in [-0.25, -0.2) is 0 Å². The predicted octanol–water partition coefficient (Wildman–Crippen LogP) is 2.78. The van der Waals surface area contributed by atoms with Crippen molar-refractivity contribution in [3.05, 3.63) is 48.8 Å². The number of benzene rings is 1. The molecule has 0 N–H and O–H groups in total. The van der Waals surface area contributed by atoms with Crippen LogP contribution < -0.4 is 4.90 Å². The van der Waals surface area contributed by atoms with Gasteiger partial charge >= 0.3 is 0 Å². The summed E-state index contributed by atoms with van der Waals surface area (Å²) in [6.07, 6.45) is 4.13. The Balaban J connectivity index is 1.76. The summed E-state index contributed by atoms with van der Waals surface area (Å²) in [5.41, 5.74) is 2.42. The number of hydrogen-bond donors (Lipinski definition) is 0. The van der Waals surface area contributed by atoms with E-state index >= 15 is 0 Å². The maximum absolute atomic E-state index is 12.1. The smallest absolute Gasteiger partial charge is 0.225 e. The minimum atomic E-state index is 0.0821. The third-order valence-corrected chi connectivity index (χ3v) is 4.19. The van der Waals surface area contributed by atoms with Gasteiger partial charge in [0.25, 0.3) is 0 Å². The number of carbonyl (C=O) groups excluding carboxylic acids is 1. The van der Waals surface area contributed by atoms with Gasteiger partial charge in [-0.3, -0.25) is 4.79 Å². The van der Waals surface area contributed by atoms with Crippen LogP contribution in [0.15, 0.2) is 48.8 Å². The number of aromatic nitrogens is 1. The minimum absolute atomic E-state index is 0.0821. The van der Waals surface area contributed by atoms with E-state index in [9.17, 15) is 4.79 Å². The Morgan fingerprint density at radius 3 is 2.09 bits per heavy atom. The highest BCUT2D eigenvalue weighted by Crippen LogP contribution is 2.25. The number of nitrogens with zero attached hydrogens (tertiary/aromatic N) is 3. The third-order valence-electron chi connectivity index (χ3n) is 4.19. The van der Waals surface area contributed by atoms with Crippen LogP contribution in [0.4, 0.5) is 5.69 Å². The van der Waals surface area contributed by atoms with E-state index in [2.05, 4.69) is 46.1 Å². The van der Waals surface area contributed by atoms with Crippen LogP contribution in [0.25, 0.3) is 5.69 Å². The van der Waals surface area contributed by atoms with Crippen LogP contribution >= 0.6 is 0 Å². The molecule has 2 heterocycles. The lowest BCUT2D eigenvalue weighted by Crippen LogP contribution is -2.50. The van der Waals surface area contributed by atoms with Crippen LogP contribution in [-0.4, -0.2) is 41.6 Å². The zero-order valence-corrected chi connectivity index (χ0v) is 13.3. The average molecular weight is 297 g/mol. The van der Waals surface area contributed by atoms with Crippen LogP contribution in [0.3, 0.4) is 0 Å². The van der Waals surface area contributed by atoms with Crippen LogP contribution in [0.2, 0.25) is 0 Å². The van der Waals surface area contributed by atoms with Crippen molar-refractivity contribution in [2.75, 3.05) is 31.1 Å². The summed E-state index contributed by atoms with van der Waals surface area (Å²) in [6, 6.07) is 12.5. The molecule has 1 aromatic heterocycles. The first-order valence-electron chi connectivity index (χ1n) is 7.93. The van der Waals surface area contributed by atoms with E-state index in [1.807, 2.05) is 30.9 Å². The number of para-hydroxylation sites is 2. The monoisotopic (exact) mass is 297 g/mol. The van der Waals surface area contributed by atoms with Crippen molar-refractivity contribution >= 4 is 11.6 Å². The van der Waals surface area contributed by atoms with E-state index in [0.717, 1.165) is 26.2 Å². The molecule has 22 heavy (non-hydrogen) atoms. The minimum Gasteiger partial charge on any atom is -0.366 e. The number of hydrogen-bond acceptors (Lipinski definition) is 2. The molecule has 2 aromatic rings. The molecule has 0 aliphatic carbocycles. The number of amides is 1. The molecular weight excluding hydrogens is 274 g/mol. The highest BCUT2D eigenvalue weighted by Gasteiger charge is 2.24. The molecule has 0 saturated carbocycles. The quantitative estimate of drug-likeness (QED) is 0.871. The van der Waals surface area contributed by atoms with Crippen molar-refractivity contribution in [3.63, 3.8) is 0 Å². The maximum atomic E-state index is 12.1. The second-order valence-electron chi connectivity index (χ2n) is 6.05. The van der Waals surface area contributed by atoms with Crippen molar-refractivity contribution in [1.29, 1.82) is 0 Å². The summed E-state index contributed by atoms with van der Waals surface area (Å²) in [5, 5.41) is 0. The highest BCUT2D eigenvalue weighted by molar-refractivity contribution is 5.78. The van der Waals surface area contributed by atoms with E-state index in [-0.39, 0.29) is 11.8 Å². The summed E-state index contributed by atoms with van der Waals surface area (Å²) in [5.74, 6) is 0.344. The summed E-state index contributed by atoms with van der Waals surface area (Å²) >= 11 is 0. The van der Waals surface area contributed by atoms with Crippen molar-refractivity contribution in [2.45, 2.75) is 13.8 Å². The SMILES string of the molecule is CC(C)C(=O)N1CCN(c2ccccc2-n2cccc2)CC1. The molecule has 0 atom stereocenters. The Hall–Kier alpha value is -2.23. The van der Waals surface area contributed by atoms with E-state index < -0.39 is 0 Å². The second-order valence-corrected chi connectivity index (χ2v) is 6.05. The summed E-state index contributed by atoms with van der Waals surface area (Å²) in [4.78, 5) is 16.5. The molecule has 0 bridgehead atoms. The first kappa shape index (κ1) is 14.7.